The molecule has 1 aromatic heterocycles. The van der Waals surface area contributed by atoms with Crippen LogP contribution in [-0.4, -0.2) is 17.2 Å². The van der Waals surface area contributed by atoms with Crippen LogP contribution in [0.2, 0.25) is 0 Å². The molecule has 0 aliphatic carbocycles. The number of aliphatic hydroxyl groups excluding tert-OH is 1. The lowest BCUT2D eigenvalue weighted by Gasteiger charge is -2.12. The number of hydrogen-bond acceptors (Lipinski definition) is 4. The SMILES string of the molecule is COc1cc(Br)c(Oc2ncc(CO)cc2C)cc1Br. The van der Waals surface area contributed by atoms with Crippen molar-refractivity contribution in [2.24, 2.45) is 0 Å². The number of nitrogens with zero attached hydrogens (tertiary/aromatic N) is 1. The molecule has 4 nitrogen and oxygen atoms in total. The Hall–Kier alpha value is -1.11. The topological polar surface area (TPSA) is 51.6 Å². The molecule has 0 atom stereocenters. The molecule has 1 heterocycles. The highest BCUT2D eigenvalue weighted by molar-refractivity contribution is 9.11. The number of aliphatic hydroxyl groups is 1. The predicted molar refractivity (Wildman–Crippen MR) is 83.4 cm³/mol. The number of methoxy groups -OCH3 is 1. The van der Waals surface area contributed by atoms with E-state index in [-0.39, 0.29) is 6.61 Å². The van der Waals surface area contributed by atoms with Crippen molar-refractivity contribution in [3.8, 4) is 17.4 Å². The third kappa shape index (κ3) is 3.31. The Labute approximate surface area is 134 Å². The maximum Gasteiger partial charge on any atom is 0.222 e. The summed E-state index contributed by atoms with van der Waals surface area (Å²) in [6.45, 7) is 1.85. The second-order valence-electron chi connectivity index (χ2n) is 4.14. The van der Waals surface area contributed by atoms with Crippen molar-refractivity contribution in [1.82, 2.24) is 4.98 Å². The lowest BCUT2D eigenvalue weighted by Crippen LogP contribution is -1.95. The van der Waals surface area contributed by atoms with Gasteiger partial charge in [-0.2, -0.15) is 0 Å². The fourth-order valence-corrected chi connectivity index (χ4v) is 2.55. The van der Waals surface area contributed by atoms with Gasteiger partial charge in [0.05, 0.1) is 22.7 Å². The fraction of sp³-hybridized carbons (Fsp3) is 0.214. The van der Waals surface area contributed by atoms with Gasteiger partial charge in [-0.05, 0) is 62.5 Å². The van der Waals surface area contributed by atoms with Crippen molar-refractivity contribution in [2.75, 3.05) is 7.11 Å². The number of hydrogen-bond donors (Lipinski definition) is 1. The number of benzene rings is 1. The lowest BCUT2D eigenvalue weighted by molar-refractivity contribution is 0.281. The Bertz CT molecular complexity index is 632. The van der Waals surface area contributed by atoms with Crippen LogP contribution in [0.1, 0.15) is 11.1 Å². The first-order valence-electron chi connectivity index (χ1n) is 5.82. The van der Waals surface area contributed by atoms with Crippen LogP contribution in [-0.2, 0) is 6.61 Å². The van der Waals surface area contributed by atoms with Crippen molar-refractivity contribution in [1.29, 1.82) is 0 Å². The van der Waals surface area contributed by atoms with E-state index in [1.807, 2.05) is 25.1 Å². The smallest absolute Gasteiger partial charge is 0.222 e. The Morgan fingerprint density at radius 2 is 1.80 bits per heavy atom. The number of halogens is 2. The summed E-state index contributed by atoms with van der Waals surface area (Å²) in [7, 11) is 1.60. The number of aromatic nitrogens is 1. The average molecular weight is 403 g/mol. The Balaban J connectivity index is 2.32. The largest absolute Gasteiger partial charge is 0.496 e. The van der Waals surface area contributed by atoms with Gasteiger partial charge in [-0.3, -0.25) is 0 Å². The molecule has 0 fully saturated rings. The Kier molecular flexibility index (Phi) is 5.01. The summed E-state index contributed by atoms with van der Waals surface area (Å²) in [5.41, 5.74) is 1.61. The summed E-state index contributed by atoms with van der Waals surface area (Å²) in [5, 5.41) is 9.07. The Morgan fingerprint density at radius 3 is 2.40 bits per heavy atom. The predicted octanol–water partition coefficient (Wildman–Crippen LogP) is 4.21. The molecular formula is C14H13Br2NO3. The molecule has 6 heteroatoms. The van der Waals surface area contributed by atoms with Gasteiger partial charge >= 0.3 is 0 Å². The molecule has 0 saturated heterocycles. The first-order chi connectivity index (χ1) is 9.55. The van der Waals surface area contributed by atoms with Gasteiger partial charge in [-0.15, -0.1) is 0 Å². The minimum absolute atomic E-state index is 0.0358. The van der Waals surface area contributed by atoms with Crippen molar-refractivity contribution < 1.29 is 14.6 Å². The summed E-state index contributed by atoms with van der Waals surface area (Å²) >= 11 is 6.86. The zero-order chi connectivity index (χ0) is 14.7. The van der Waals surface area contributed by atoms with Crippen LogP contribution in [0, 0.1) is 6.92 Å². The average Bonchev–Trinajstić information content (AvgIpc) is 2.44. The van der Waals surface area contributed by atoms with Gasteiger partial charge < -0.3 is 14.6 Å². The number of pyridine rings is 1. The van der Waals surface area contributed by atoms with Crippen LogP contribution in [0.25, 0.3) is 0 Å². The van der Waals surface area contributed by atoms with Gasteiger partial charge in [-0.25, -0.2) is 4.98 Å². The highest BCUT2D eigenvalue weighted by Crippen LogP contribution is 2.38. The summed E-state index contributed by atoms with van der Waals surface area (Å²) in [6, 6.07) is 5.47. The second-order valence-corrected chi connectivity index (χ2v) is 5.85. The van der Waals surface area contributed by atoms with Crippen LogP contribution >= 0.6 is 31.9 Å². The van der Waals surface area contributed by atoms with Crippen molar-refractivity contribution >= 4 is 31.9 Å². The number of rotatable bonds is 4. The highest BCUT2D eigenvalue weighted by atomic mass is 79.9. The molecule has 0 radical (unpaired) electrons. The minimum Gasteiger partial charge on any atom is -0.496 e. The molecule has 0 unspecified atom stereocenters. The van der Waals surface area contributed by atoms with E-state index >= 15 is 0 Å². The van der Waals surface area contributed by atoms with Crippen LogP contribution < -0.4 is 9.47 Å². The molecular weight excluding hydrogens is 390 g/mol. The third-order valence-corrected chi connectivity index (χ3v) is 3.92. The van der Waals surface area contributed by atoms with E-state index in [1.165, 1.54) is 0 Å². The maximum atomic E-state index is 9.07. The molecule has 0 amide bonds. The fourth-order valence-electron chi connectivity index (χ4n) is 1.66. The highest BCUT2D eigenvalue weighted by Gasteiger charge is 2.11. The monoisotopic (exact) mass is 401 g/mol. The third-order valence-electron chi connectivity index (χ3n) is 2.68. The zero-order valence-electron chi connectivity index (χ0n) is 11.0. The van der Waals surface area contributed by atoms with Gasteiger partial charge in [-0.1, -0.05) is 0 Å². The van der Waals surface area contributed by atoms with Gasteiger partial charge in [0, 0.05) is 11.8 Å². The molecule has 0 spiro atoms. The number of aryl methyl sites for hydroxylation is 1. The summed E-state index contributed by atoms with van der Waals surface area (Å²) < 4.78 is 12.6. The molecule has 0 aliphatic rings. The molecule has 106 valence electrons. The van der Waals surface area contributed by atoms with Crippen LogP contribution in [0.15, 0.2) is 33.3 Å². The quantitative estimate of drug-likeness (QED) is 0.832. The van der Waals surface area contributed by atoms with Crippen LogP contribution in [0.4, 0.5) is 0 Å². The van der Waals surface area contributed by atoms with Gasteiger partial charge in [0.1, 0.15) is 11.5 Å². The van der Waals surface area contributed by atoms with E-state index in [4.69, 9.17) is 14.6 Å². The second kappa shape index (κ2) is 6.56. The summed E-state index contributed by atoms with van der Waals surface area (Å²) in [6.07, 6.45) is 1.59. The first kappa shape index (κ1) is 15.3. The van der Waals surface area contributed by atoms with E-state index in [9.17, 15) is 0 Å². The molecule has 20 heavy (non-hydrogen) atoms. The van der Waals surface area contributed by atoms with E-state index in [2.05, 4.69) is 36.8 Å². The molecule has 0 bridgehead atoms. The molecule has 1 aromatic carbocycles. The summed E-state index contributed by atoms with van der Waals surface area (Å²) in [5.74, 6) is 1.84. The van der Waals surface area contributed by atoms with Crippen LogP contribution in [0.5, 0.6) is 17.4 Å². The zero-order valence-corrected chi connectivity index (χ0v) is 14.2. The van der Waals surface area contributed by atoms with Gasteiger partial charge in [0.25, 0.3) is 0 Å². The molecule has 2 rings (SSSR count). The lowest BCUT2D eigenvalue weighted by atomic mass is 10.2. The van der Waals surface area contributed by atoms with E-state index in [1.54, 1.807) is 13.3 Å². The van der Waals surface area contributed by atoms with Gasteiger partial charge in [0.2, 0.25) is 5.88 Å². The van der Waals surface area contributed by atoms with Crippen molar-refractivity contribution in [2.45, 2.75) is 13.5 Å². The number of ether oxygens (including phenoxy) is 2. The van der Waals surface area contributed by atoms with Crippen molar-refractivity contribution in [3.63, 3.8) is 0 Å². The summed E-state index contributed by atoms with van der Waals surface area (Å²) in [4.78, 5) is 4.21. The molecule has 0 aliphatic heterocycles. The standard InChI is InChI=1S/C14H13Br2NO3/c1-8-3-9(7-18)6-17-14(8)20-13-5-10(15)12(19-2)4-11(13)16/h3-6,18H,7H2,1-2H3. The Morgan fingerprint density at radius 1 is 1.15 bits per heavy atom. The van der Waals surface area contributed by atoms with Crippen LogP contribution in [0.3, 0.4) is 0 Å². The van der Waals surface area contributed by atoms with E-state index in [0.29, 0.717) is 17.4 Å². The normalized spacial score (nSPS) is 10.4. The molecule has 1 N–H and O–H groups in total. The van der Waals surface area contributed by atoms with Gasteiger partial charge in [0.15, 0.2) is 0 Å². The maximum absolute atomic E-state index is 9.07. The molecule has 0 saturated carbocycles. The van der Waals surface area contributed by atoms with E-state index in [0.717, 1.165) is 20.1 Å². The molecule has 2 aromatic rings. The van der Waals surface area contributed by atoms with Crippen molar-refractivity contribution in [3.05, 3.63) is 44.5 Å². The van der Waals surface area contributed by atoms with E-state index < -0.39 is 0 Å². The first-order valence-corrected chi connectivity index (χ1v) is 7.41. The minimum atomic E-state index is -0.0358.